The molecule has 0 N–H and O–H groups in total. The van der Waals surface area contributed by atoms with Crippen LogP contribution >= 0.6 is 0 Å². The Labute approximate surface area is 259 Å². The zero-order valence-electron chi connectivity index (χ0n) is 25.5. The van der Waals surface area contributed by atoms with E-state index in [4.69, 9.17) is 33.2 Å². The highest BCUT2D eigenvalue weighted by molar-refractivity contribution is 5.91. The summed E-state index contributed by atoms with van der Waals surface area (Å²) in [5.41, 5.74) is -0.146. The Morgan fingerprint density at radius 3 is 1.75 bits per heavy atom. The van der Waals surface area contributed by atoms with Crippen LogP contribution in [0.1, 0.15) is 74.6 Å². The van der Waals surface area contributed by atoms with Gasteiger partial charge in [-0.1, -0.05) is 0 Å². The second-order valence-corrected chi connectivity index (χ2v) is 12.5. The number of carbonyl (C=O) groups excluding carboxylic acids is 1. The maximum atomic E-state index is 14.7. The van der Waals surface area contributed by atoms with Crippen LogP contribution in [0.4, 0.5) is 4.39 Å². The molecule has 6 rings (SSSR count). The fourth-order valence-corrected chi connectivity index (χ4v) is 6.29. The Hall–Kier alpha value is -2.72. The average molecular weight is 613 g/mol. The molecule has 0 radical (unpaired) electrons. The van der Waals surface area contributed by atoms with Crippen molar-refractivity contribution in [1.29, 1.82) is 0 Å². The minimum absolute atomic E-state index is 0.146. The van der Waals surface area contributed by atoms with Gasteiger partial charge in [0.15, 0.2) is 0 Å². The number of esters is 1. The molecule has 6 unspecified atom stereocenters. The first-order valence-corrected chi connectivity index (χ1v) is 16.4. The van der Waals surface area contributed by atoms with E-state index in [-0.39, 0.29) is 5.56 Å². The molecule has 0 aromatic heterocycles. The van der Waals surface area contributed by atoms with Crippen LogP contribution in [0.15, 0.2) is 42.5 Å². The van der Waals surface area contributed by atoms with Crippen molar-refractivity contribution < 1.29 is 42.3 Å². The van der Waals surface area contributed by atoms with Gasteiger partial charge < -0.3 is 33.2 Å². The van der Waals surface area contributed by atoms with Gasteiger partial charge in [0, 0.05) is 32.5 Å². The molecule has 2 saturated carbocycles. The monoisotopic (exact) mass is 612 g/mol. The lowest BCUT2D eigenvalue weighted by Gasteiger charge is -2.18. The van der Waals surface area contributed by atoms with Gasteiger partial charge in [0.05, 0.1) is 43.2 Å². The van der Waals surface area contributed by atoms with Crippen molar-refractivity contribution in [3.63, 3.8) is 0 Å². The van der Waals surface area contributed by atoms with Gasteiger partial charge in [-0.15, -0.1) is 0 Å². The van der Waals surface area contributed by atoms with E-state index >= 15 is 0 Å². The number of carbonyl (C=O) groups is 1. The van der Waals surface area contributed by atoms with Crippen LogP contribution in [-0.4, -0.2) is 70.0 Å². The highest BCUT2D eigenvalue weighted by atomic mass is 19.1. The number of halogens is 1. The molecule has 2 aliphatic carbocycles. The third-order valence-electron chi connectivity index (χ3n) is 9.03. The molecule has 2 aromatic rings. The highest BCUT2D eigenvalue weighted by Gasteiger charge is 2.44. The van der Waals surface area contributed by atoms with Crippen molar-refractivity contribution in [3.8, 4) is 17.2 Å². The fraction of sp³-hybridized carbons (Fsp3) is 0.629. The second kappa shape index (κ2) is 15.5. The van der Waals surface area contributed by atoms with E-state index in [0.717, 1.165) is 64.8 Å². The summed E-state index contributed by atoms with van der Waals surface area (Å²) in [4.78, 5) is 12.6. The van der Waals surface area contributed by atoms with Crippen molar-refractivity contribution >= 4 is 5.97 Å². The zero-order valence-corrected chi connectivity index (χ0v) is 25.5. The van der Waals surface area contributed by atoms with E-state index in [1.165, 1.54) is 31.4 Å². The summed E-state index contributed by atoms with van der Waals surface area (Å²) in [7, 11) is 0. The Balaban J connectivity index is 0.807. The quantitative estimate of drug-likeness (QED) is 0.0813. The summed E-state index contributed by atoms with van der Waals surface area (Å²) >= 11 is 0. The lowest BCUT2D eigenvalue weighted by molar-refractivity contribution is 0.0729. The topological polar surface area (TPSA) is 88.3 Å². The van der Waals surface area contributed by atoms with Gasteiger partial charge >= 0.3 is 5.97 Å². The summed E-state index contributed by atoms with van der Waals surface area (Å²) < 4.78 is 54.3. The maximum absolute atomic E-state index is 14.7. The third kappa shape index (κ3) is 9.39. The van der Waals surface area contributed by atoms with Crippen LogP contribution < -0.4 is 14.2 Å². The molecular formula is C35H45FO8. The molecule has 2 saturated heterocycles. The lowest BCUT2D eigenvalue weighted by Crippen LogP contribution is -2.18. The first kappa shape index (κ1) is 31.3. The number of ether oxygens (including phenoxy) is 7. The molecule has 0 spiro atoms. The molecule has 44 heavy (non-hydrogen) atoms. The van der Waals surface area contributed by atoms with Gasteiger partial charge in [-0.3, -0.25) is 0 Å². The molecule has 9 heteroatoms. The van der Waals surface area contributed by atoms with Crippen LogP contribution in [0, 0.1) is 17.7 Å². The number of hydrogen-bond acceptors (Lipinski definition) is 8. The predicted molar refractivity (Wildman–Crippen MR) is 161 cm³/mol. The van der Waals surface area contributed by atoms with Gasteiger partial charge in [0.25, 0.3) is 0 Å². The van der Waals surface area contributed by atoms with Crippen molar-refractivity contribution in [2.45, 2.75) is 88.6 Å². The summed E-state index contributed by atoms with van der Waals surface area (Å²) in [6.45, 7) is 4.07. The van der Waals surface area contributed by atoms with Crippen molar-refractivity contribution in [3.05, 3.63) is 53.8 Å². The zero-order chi connectivity index (χ0) is 30.1. The molecule has 0 amide bonds. The van der Waals surface area contributed by atoms with Crippen LogP contribution in [0.2, 0.25) is 0 Å². The molecule has 4 aliphatic rings. The third-order valence-corrected chi connectivity index (χ3v) is 9.03. The van der Waals surface area contributed by atoms with Crippen LogP contribution in [0.25, 0.3) is 0 Å². The first-order valence-electron chi connectivity index (χ1n) is 16.4. The summed E-state index contributed by atoms with van der Waals surface area (Å²) in [5.74, 6) is 1.18. The Bertz CT molecular complexity index is 1210. The summed E-state index contributed by atoms with van der Waals surface area (Å²) in [5, 5.41) is 0. The van der Waals surface area contributed by atoms with E-state index in [1.807, 2.05) is 0 Å². The Morgan fingerprint density at radius 2 is 1.18 bits per heavy atom. The van der Waals surface area contributed by atoms with Crippen molar-refractivity contribution in [2.24, 2.45) is 11.8 Å². The smallest absolute Gasteiger partial charge is 0.346 e. The predicted octanol–water partition coefficient (Wildman–Crippen LogP) is 6.53. The average Bonchev–Trinajstić information content (AvgIpc) is 3.96. The SMILES string of the molecule is O=C(Oc1ccc(OCCCCOCC2CCC3OC3C2)cc1)c1ccc(OCCCCOCC2CCC3OC3C2)cc1F. The summed E-state index contributed by atoms with van der Waals surface area (Å²) in [6, 6.07) is 10.9. The first-order chi connectivity index (χ1) is 21.6. The van der Waals surface area contributed by atoms with Crippen molar-refractivity contribution in [2.75, 3.05) is 39.6 Å². The van der Waals surface area contributed by atoms with Gasteiger partial charge in [-0.2, -0.15) is 0 Å². The fourth-order valence-electron chi connectivity index (χ4n) is 6.29. The molecule has 4 fully saturated rings. The number of benzene rings is 2. The molecule has 2 aliphatic heterocycles. The Kier molecular flexibility index (Phi) is 11.0. The minimum Gasteiger partial charge on any atom is -0.494 e. The number of unbranched alkanes of at least 4 members (excludes halogenated alkanes) is 2. The largest absolute Gasteiger partial charge is 0.494 e. The standard InChI is InChI=1S/C35H45FO8/c36-30-21-28(41-18-4-2-16-39-23-25-6-14-32-34(20-25)44-32)11-12-29(30)35(37)42-27-9-7-26(8-10-27)40-17-3-1-15-38-22-24-5-13-31-33(19-24)43-31/h7-12,21,24-25,31-34H,1-6,13-20,22-23H2. The van der Waals surface area contributed by atoms with E-state index in [0.29, 0.717) is 73.3 Å². The molecule has 240 valence electrons. The van der Waals surface area contributed by atoms with Crippen molar-refractivity contribution in [1.82, 2.24) is 0 Å². The number of fused-ring (bicyclic) bond motifs is 2. The molecule has 2 heterocycles. The lowest BCUT2D eigenvalue weighted by atomic mass is 9.90. The van der Waals surface area contributed by atoms with Gasteiger partial charge in [0.1, 0.15) is 23.1 Å². The molecular weight excluding hydrogens is 567 g/mol. The molecule has 6 atom stereocenters. The maximum Gasteiger partial charge on any atom is 0.346 e. The van der Waals surface area contributed by atoms with E-state index in [2.05, 4.69) is 0 Å². The van der Waals surface area contributed by atoms with E-state index < -0.39 is 11.8 Å². The Morgan fingerprint density at radius 1 is 0.659 bits per heavy atom. The molecule has 8 nitrogen and oxygen atoms in total. The molecule has 0 bridgehead atoms. The van der Waals surface area contributed by atoms with E-state index in [9.17, 15) is 9.18 Å². The number of hydrogen-bond donors (Lipinski definition) is 0. The van der Waals surface area contributed by atoms with Crippen LogP contribution in [-0.2, 0) is 18.9 Å². The van der Waals surface area contributed by atoms with Gasteiger partial charge in [-0.05, 0) is 112 Å². The summed E-state index contributed by atoms with van der Waals surface area (Å²) in [6.07, 6.45) is 12.6. The minimum atomic E-state index is -0.765. The molecule has 2 aromatic carbocycles. The highest BCUT2D eigenvalue weighted by Crippen LogP contribution is 2.40. The van der Waals surface area contributed by atoms with Crippen LogP contribution in [0.5, 0.6) is 17.2 Å². The van der Waals surface area contributed by atoms with Gasteiger partial charge in [-0.25, -0.2) is 9.18 Å². The van der Waals surface area contributed by atoms with Gasteiger partial charge in [0.2, 0.25) is 0 Å². The van der Waals surface area contributed by atoms with Crippen LogP contribution in [0.3, 0.4) is 0 Å². The number of rotatable bonds is 18. The second-order valence-electron chi connectivity index (χ2n) is 12.5. The van der Waals surface area contributed by atoms with E-state index in [1.54, 1.807) is 30.3 Å². The normalized spacial score (nSPS) is 26.8. The number of epoxide rings is 2.